The molecule has 0 atom stereocenters. The van der Waals surface area contributed by atoms with Gasteiger partial charge in [0, 0.05) is 58.8 Å². The lowest BCUT2D eigenvalue weighted by molar-refractivity contribution is 0.660. The van der Waals surface area contributed by atoms with Crippen molar-refractivity contribution in [1.82, 2.24) is 0 Å². The second-order valence-electron chi connectivity index (χ2n) is 18.0. The first kappa shape index (κ1) is 34.9. The lowest BCUT2D eigenvalue weighted by Gasteiger charge is -2.29. The summed E-state index contributed by atoms with van der Waals surface area (Å²) in [5, 5.41) is 7.29. The van der Waals surface area contributed by atoms with E-state index in [4.69, 9.17) is 4.42 Å². The van der Waals surface area contributed by atoms with Gasteiger partial charge < -0.3 is 9.32 Å². The predicted octanol–water partition coefficient (Wildman–Crippen LogP) is 16.9. The maximum atomic E-state index is 6.88. The van der Waals surface area contributed by atoms with E-state index in [1.807, 2.05) is 11.3 Å². The standard InChI is InChI=1S/C58H41NOS/c1-57(2)47-20-10-7-15-38(47)40-27-24-35(31-49(40)57)59(36-25-28-41-39-16-8-11-21-48(39)58(3,4)50(41)32-36)34-26-29-51-46(30-34)55-42-17-6-5-14-37(42)45(33-52(55)60-51)43-19-13-23-54-56(43)44-18-9-12-22-53(44)61-54/h5-33H,1-4H3. The summed E-state index contributed by atoms with van der Waals surface area (Å²) in [4.78, 5) is 2.47. The third-order valence-electron chi connectivity index (χ3n) is 14.1. The van der Waals surface area contributed by atoms with Crippen LogP contribution < -0.4 is 4.90 Å². The molecule has 13 rings (SSSR count). The Hall–Kier alpha value is -6.94. The maximum Gasteiger partial charge on any atom is 0.136 e. The van der Waals surface area contributed by atoms with Gasteiger partial charge in [-0.3, -0.25) is 0 Å². The van der Waals surface area contributed by atoms with Crippen molar-refractivity contribution in [2.24, 2.45) is 0 Å². The first-order valence-corrected chi connectivity index (χ1v) is 22.1. The molecule has 2 aliphatic carbocycles. The van der Waals surface area contributed by atoms with Crippen molar-refractivity contribution >= 4 is 81.3 Å². The maximum absolute atomic E-state index is 6.88. The monoisotopic (exact) mass is 799 g/mol. The molecular weight excluding hydrogens is 759 g/mol. The molecular formula is C58H41NOS. The highest BCUT2D eigenvalue weighted by Gasteiger charge is 2.38. The van der Waals surface area contributed by atoms with Crippen molar-refractivity contribution in [3.05, 3.63) is 198 Å². The molecule has 0 amide bonds. The van der Waals surface area contributed by atoms with E-state index < -0.39 is 0 Å². The zero-order valence-electron chi connectivity index (χ0n) is 34.5. The first-order chi connectivity index (χ1) is 29.8. The van der Waals surface area contributed by atoms with E-state index in [1.54, 1.807) is 0 Å². The topological polar surface area (TPSA) is 16.4 Å². The van der Waals surface area contributed by atoms with Gasteiger partial charge in [0.15, 0.2) is 0 Å². The van der Waals surface area contributed by atoms with Crippen LogP contribution >= 0.6 is 11.3 Å². The highest BCUT2D eigenvalue weighted by Crippen LogP contribution is 2.54. The third-order valence-corrected chi connectivity index (χ3v) is 15.2. The first-order valence-electron chi connectivity index (χ1n) is 21.3. The van der Waals surface area contributed by atoms with E-state index in [1.165, 1.54) is 86.6 Å². The van der Waals surface area contributed by atoms with Crippen LogP contribution in [0.2, 0.25) is 0 Å². The number of nitrogens with zero attached hydrogens (tertiary/aromatic N) is 1. The van der Waals surface area contributed by atoms with Crippen LogP contribution in [-0.2, 0) is 10.8 Å². The Morgan fingerprint density at radius 3 is 1.57 bits per heavy atom. The zero-order valence-corrected chi connectivity index (χ0v) is 35.3. The van der Waals surface area contributed by atoms with E-state index in [-0.39, 0.29) is 10.8 Å². The van der Waals surface area contributed by atoms with Gasteiger partial charge in [-0.2, -0.15) is 0 Å². The average Bonchev–Trinajstić information content (AvgIpc) is 3.99. The van der Waals surface area contributed by atoms with Gasteiger partial charge in [0.25, 0.3) is 0 Å². The van der Waals surface area contributed by atoms with E-state index in [0.29, 0.717) is 0 Å². The summed E-state index contributed by atoms with van der Waals surface area (Å²) in [6.07, 6.45) is 0. The molecule has 2 aliphatic rings. The Bertz CT molecular complexity index is 3570. The number of hydrogen-bond donors (Lipinski definition) is 0. The average molecular weight is 800 g/mol. The second kappa shape index (κ2) is 12.3. The van der Waals surface area contributed by atoms with Gasteiger partial charge in [0.2, 0.25) is 0 Å². The number of rotatable bonds is 4. The van der Waals surface area contributed by atoms with Gasteiger partial charge in [-0.1, -0.05) is 143 Å². The fourth-order valence-corrected chi connectivity index (χ4v) is 12.2. The molecule has 0 aliphatic heterocycles. The molecule has 0 unspecified atom stereocenters. The summed E-state index contributed by atoms with van der Waals surface area (Å²) in [7, 11) is 0. The summed E-state index contributed by atoms with van der Waals surface area (Å²) < 4.78 is 9.49. The quantitative estimate of drug-likeness (QED) is 0.176. The van der Waals surface area contributed by atoms with Crippen molar-refractivity contribution in [2.45, 2.75) is 38.5 Å². The summed E-state index contributed by atoms with van der Waals surface area (Å²) in [6, 6.07) is 65.5. The van der Waals surface area contributed by atoms with Crippen LogP contribution in [0.5, 0.6) is 0 Å². The molecule has 290 valence electrons. The van der Waals surface area contributed by atoms with E-state index in [9.17, 15) is 0 Å². The summed E-state index contributed by atoms with van der Waals surface area (Å²) in [5.41, 5.74) is 18.1. The fraction of sp³-hybridized carbons (Fsp3) is 0.103. The number of hydrogen-bond acceptors (Lipinski definition) is 3. The smallest absolute Gasteiger partial charge is 0.136 e. The molecule has 0 saturated heterocycles. The van der Waals surface area contributed by atoms with Gasteiger partial charge in [0.1, 0.15) is 11.2 Å². The summed E-state index contributed by atoms with van der Waals surface area (Å²) in [5.74, 6) is 0. The highest BCUT2D eigenvalue weighted by molar-refractivity contribution is 7.25. The molecule has 2 heterocycles. The molecule has 0 N–H and O–H groups in total. The minimum Gasteiger partial charge on any atom is -0.456 e. The zero-order chi connectivity index (χ0) is 40.8. The molecule has 9 aromatic carbocycles. The number of fused-ring (bicyclic) bond motifs is 14. The molecule has 0 saturated carbocycles. The van der Waals surface area contributed by atoms with E-state index >= 15 is 0 Å². The van der Waals surface area contributed by atoms with Crippen LogP contribution in [0.1, 0.15) is 49.9 Å². The molecule has 2 nitrogen and oxygen atoms in total. The molecule has 2 aromatic heterocycles. The van der Waals surface area contributed by atoms with Crippen molar-refractivity contribution in [2.75, 3.05) is 4.90 Å². The molecule has 0 fully saturated rings. The molecule has 61 heavy (non-hydrogen) atoms. The SMILES string of the molecule is CC1(C)c2ccccc2-c2ccc(N(c3ccc4c(c3)C(C)(C)c3ccccc3-4)c3ccc4oc5cc(-c6cccc7sc8ccccc8c67)c6ccccc6c5c4c3)cc21. The van der Waals surface area contributed by atoms with E-state index in [2.05, 4.69) is 209 Å². The molecule has 3 heteroatoms. The molecule has 11 aromatic rings. The van der Waals surface area contributed by atoms with Gasteiger partial charge >= 0.3 is 0 Å². The van der Waals surface area contributed by atoms with Crippen LogP contribution in [0, 0.1) is 0 Å². The minimum atomic E-state index is -0.129. The normalized spacial score (nSPS) is 14.5. The summed E-state index contributed by atoms with van der Waals surface area (Å²) in [6.45, 7) is 9.47. The van der Waals surface area contributed by atoms with Crippen molar-refractivity contribution in [1.29, 1.82) is 0 Å². The van der Waals surface area contributed by atoms with Crippen LogP contribution in [0.3, 0.4) is 0 Å². The van der Waals surface area contributed by atoms with Gasteiger partial charge in [-0.15, -0.1) is 11.3 Å². The Balaban J connectivity index is 1.04. The van der Waals surface area contributed by atoms with Crippen molar-refractivity contribution < 1.29 is 4.42 Å². The van der Waals surface area contributed by atoms with Crippen LogP contribution in [0.25, 0.3) is 86.3 Å². The Kier molecular flexibility index (Phi) is 7.04. The lowest BCUT2D eigenvalue weighted by atomic mass is 9.82. The van der Waals surface area contributed by atoms with Gasteiger partial charge in [-0.05, 0) is 127 Å². The summed E-state index contributed by atoms with van der Waals surface area (Å²) >= 11 is 1.86. The lowest BCUT2D eigenvalue weighted by Crippen LogP contribution is -2.18. The number of furan rings is 1. The molecule has 0 spiro atoms. The van der Waals surface area contributed by atoms with Crippen LogP contribution in [-0.4, -0.2) is 0 Å². The third kappa shape index (κ3) is 4.78. The Labute approximate surface area is 358 Å². The minimum absolute atomic E-state index is 0.129. The van der Waals surface area contributed by atoms with Crippen molar-refractivity contribution in [3.63, 3.8) is 0 Å². The number of thiophene rings is 1. The van der Waals surface area contributed by atoms with E-state index in [0.717, 1.165) is 39.0 Å². The number of anilines is 3. The Morgan fingerprint density at radius 1 is 0.361 bits per heavy atom. The molecule has 0 radical (unpaired) electrons. The van der Waals surface area contributed by atoms with Gasteiger partial charge in [-0.25, -0.2) is 0 Å². The highest BCUT2D eigenvalue weighted by atomic mass is 32.1. The largest absolute Gasteiger partial charge is 0.456 e. The predicted molar refractivity (Wildman–Crippen MR) is 259 cm³/mol. The van der Waals surface area contributed by atoms with Gasteiger partial charge in [0.05, 0.1) is 0 Å². The van der Waals surface area contributed by atoms with Crippen LogP contribution in [0.4, 0.5) is 17.1 Å². The van der Waals surface area contributed by atoms with Crippen molar-refractivity contribution in [3.8, 4) is 33.4 Å². The Morgan fingerprint density at radius 2 is 0.885 bits per heavy atom. The number of benzene rings is 9. The second-order valence-corrected chi connectivity index (χ2v) is 19.1. The molecule has 0 bridgehead atoms. The fourth-order valence-electron chi connectivity index (χ4n) is 11.1. The van der Waals surface area contributed by atoms with Crippen LogP contribution in [0.15, 0.2) is 180 Å².